The Morgan fingerprint density at radius 2 is 1.68 bits per heavy atom. The number of phenolic OH excluding ortho intramolecular Hbond substituents is 1. The molecule has 0 aliphatic heterocycles. The van der Waals surface area contributed by atoms with Crippen LogP contribution in [0, 0.1) is 0 Å². The van der Waals surface area contributed by atoms with Crippen molar-refractivity contribution in [3.8, 4) is 5.75 Å². The highest BCUT2D eigenvalue weighted by atomic mass is 16.3. The van der Waals surface area contributed by atoms with E-state index in [1.54, 1.807) is 6.07 Å². The number of aryl methyl sites for hydroxylation is 1. The Morgan fingerprint density at radius 1 is 0.947 bits per heavy atom. The van der Waals surface area contributed by atoms with Gasteiger partial charge in [0.15, 0.2) is 0 Å². The number of rotatable bonds is 10. The maximum atomic E-state index is 9.37. The van der Waals surface area contributed by atoms with Gasteiger partial charge in [-0.3, -0.25) is 0 Å². The van der Waals surface area contributed by atoms with Crippen molar-refractivity contribution in [1.29, 1.82) is 0 Å². The Hall–Kier alpha value is -1.24. The maximum absolute atomic E-state index is 9.37. The molecule has 1 heteroatoms. The Morgan fingerprint density at radius 3 is 2.42 bits per heavy atom. The summed E-state index contributed by atoms with van der Waals surface area (Å²) in [4.78, 5) is 0. The SMILES string of the molecule is CCC=CCCCCCCCCc1cccc(O)c1. The summed E-state index contributed by atoms with van der Waals surface area (Å²) >= 11 is 0. The van der Waals surface area contributed by atoms with Gasteiger partial charge in [0, 0.05) is 0 Å². The second-order valence-corrected chi connectivity index (χ2v) is 5.21. The zero-order valence-electron chi connectivity index (χ0n) is 12.3. The molecular formula is C18H28O. The smallest absolute Gasteiger partial charge is 0.115 e. The topological polar surface area (TPSA) is 20.2 Å². The Labute approximate surface area is 118 Å². The standard InChI is InChI=1S/C18H28O/c1-2-3-4-5-6-7-8-9-10-11-13-17-14-12-15-18(19)16-17/h3-4,12,14-16,19H,2,5-11,13H2,1H3. The molecule has 1 nitrogen and oxygen atoms in total. The molecule has 0 atom stereocenters. The number of aromatic hydroxyl groups is 1. The summed E-state index contributed by atoms with van der Waals surface area (Å²) in [5.41, 5.74) is 1.25. The zero-order valence-corrected chi connectivity index (χ0v) is 12.3. The highest BCUT2D eigenvalue weighted by Gasteiger charge is 1.95. The third-order valence-corrected chi connectivity index (χ3v) is 3.40. The van der Waals surface area contributed by atoms with Crippen LogP contribution >= 0.6 is 0 Å². The minimum Gasteiger partial charge on any atom is -0.508 e. The fraction of sp³-hybridized carbons (Fsp3) is 0.556. The Bertz CT molecular complexity index is 354. The van der Waals surface area contributed by atoms with Gasteiger partial charge in [0.25, 0.3) is 0 Å². The summed E-state index contributed by atoms with van der Waals surface area (Å²) in [5.74, 6) is 0.387. The summed E-state index contributed by atoms with van der Waals surface area (Å²) < 4.78 is 0. The number of benzene rings is 1. The molecule has 0 saturated carbocycles. The molecule has 0 fully saturated rings. The number of hydrogen-bond donors (Lipinski definition) is 1. The van der Waals surface area contributed by atoms with Crippen LogP contribution in [-0.4, -0.2) is 5.11 Å². The van der Waals surface area contributed by atoms with E-state index in [9.17, 15) is 5.11 Å². The van der Waals surface area contributed by atoms with Crippen LogP contribution < -0.4 is 0 Å². The van der Waals surface area contributed by atoms with E-state index in [1.165, 1.54) is 50.5 Å². The lowest BCUT2D eigenvalue weighted by molar-refractivity contribution is 0.474. The van der Waals surface area contributed by atoms with E-state index in [1.807, 2.05) is 12.1 Å². The molecule has 19 heavy (non-hydrogen) atoms. The summed E-state index contributed by atoms with van der Waals surface area (Å²) in [6.45, 7) is 2.18. The van der Waals surface area contributed by atoms with Gasteiger partial charge in [0.05, 0.1) is 0 Å². The number of unbranched alkanes of at least 4 members (excludes halogenated alkanes) is 6. The lowest BCUT2D eigenvalue weighted by Crippen LogP contribution is -1.86. The number of hydrogen-bond acceptors (Lipinski definition) is 1. The van der Waals surface area contributed by atoms with E-state index in [4.69, 9.17) is 0 Å². The van der Waals surface area contributed by atoms with E-state index in [0.29, 0.717) is 5.75 Å². The molecule has 1 aromatic rings. The fourth-order valence-corrected chi connectivity index (χ4v) is 2.29. The van der Waals surface area contributed by atoms with Gasteiger partial charge in [0.2, 0.25) is 0 Å². The van der Waals surface area contributed by atoms with Crippen LogP contribution in [0.5, 0.6) is 5.75 Å². The molecule has 0 aliphatic rings. The first kappa shape index (κ1) is 15.8. The van der Waals surface area contributed by atoms with E-state index in [-0.39, 0.29) is 0 Å². The van der Waals surface area contributed by atoms with Crippen molar-refractivity contribution in [2.24, 2.45) is 0 Å². The van der Waals surface area contributed by atoms with Gasteiger partial charge < -0.3 is 5.11 Å². The van der Waals surface area contributed by atoms with Crippen molar-refractivity contribution in [1.82, 2.24) is 0 Å². The zero-order chi connectivity index (χ0) is 13.8. The average Bonchev–Trinajstić information content (AvgIpc) is 2.41. The first-order valence-electron chi connectivity index (χ1n) is 7.76. The monoisotopic (exact) mass is 260 g/mol. The Kier molecular flexibility index (Phi) is 8.87. The van der Waals surface area contributed by atoms with Crippen LogP contribution in [0.3, 0.4) is 0 Å². The first-order valence-corrected chi connectivity index (χ1v) is 7.76. The predicted octanol–water partition coefficient (Wildman–Crippen LogP) is 5.63. The van der Waals surface area contributed by atoms with Crippen molar-refractivity contribution in [3.63, 3.8) is 0 Å². The van der Waals surface area contributed by atoms with Crippen LogP contribution in [0.4, 0.5) is 0 Å². The minimum absolute atomic E-state index is 0.387. The lowest BCUT2D eigenvalue weighted by Gasteiger charge is -2.03. The van der Waals surface area contributed by atoms with Gasteiger partial charge >= 0.3 is 0 Å². The van der Waals surface area contributed by atoms with Crippen molar-refractivity contribution in [3.05, 3.63) is 42.0 Å². The minimum atomic E-state index is 0.387. The Balaban J connectivity index is 1.93. The second kappa shape index (κ2) is 10.7. The normalized spacial score (nSPS) is 11.2. The summed E-state index contributed by atoms with van der Waals surface area (Å²) in [7, 11) is 0. The van der Waals surface area contributed by atoms with E-state index in [0.717, 1.165) is 12.8 Å². The molecule has 0 bridgehead atoms. The average molecular weight is 260 g/mol. The molecule has 0 unspecified atom stereocenters. The fourth-order valence-electron chi connectivity index (χ4n) is 2.29. The molecule has 0 amide bonds. The van der Waals surface area contributed by atoms with Crippen LogP contribution in [-0.2, 0) is 6.42 Å². The molecular weight excluding hydrogens is 232 g/mol. The third-order valence-electron chi connectivity index (χ3n) is 3.40. The van der Waals surface area contributed by atoms with Gasteiger partial charge in [-0.2, -0.15) is 0 Å². The molecule has 1 aromatic carbocycles. The largest absolute Gasteiger partial charge is 0.508 e. The molecule has 0 saturated heterocycles. The van der Waals surface area contributed by atoms with Gasteiger partial charge in [-0.15, -0.1) is 0 Å². The molecule has 0 aromatic heterocycles. The molecule has 1 N–H and O–H groups in total. The molecule has 0 heterocycles. The van der Waals surface area contributed by atoms with Gasteiger partial charge in [-0.25, -0.2) is 0 Å². The van der Waals surface area contributed by atoms with Crippen LogP contribution in [0.1, 0.15) is 63.9 Å². The van der Waals surface area contributed by atoms with E-state index in [2.05, 4.69) is 25.1 Å². The first-order chi connectivity index (χ1) is 9.33. The third kappa shape index (κ3) is 8.47. The molecule has 0 spiro atoms. The summed E-state index contributed by atoms with van der Waals surface area (Å²) in [6, 6.07) is 7.63. The lowest BCUT2D eigenvalue weighted by atomic mass is 10.0. The highest BCUT2D eigenvalue weighted by Crippen LogP contribution is 2.14. The van der Waals surface area contributed by atoms with Crippen LogP contribution in [0.2, 0.25) is 0 Å². The van der Waals surface area contributed by atoms with E-state index >= 15 is 0 Å². The van der Waals surface area contributed by atoms with Crippen LogP contribution in [0.25, 0.3) is 0 Å². The number of phenols is 1. The quantitative estimate of drug-likeness (QED) is 0.427. The second-order valence-electron chi connectivity index (χ2n) is 5.21. The number of allylic oxidation sites excluding steroid dienone is 2. The van der Waals surface area contributed by atoms with Gasteiger partial charge in [-0.1, -0.05) is 56.9 Å². The van der Waals surface area contributed by atoms with Gasteiger partial charge in [0.1, 0.15) is 5.75 Å². The van der Waals surface area contributed by atoms with Crippen molar-refractivity contribution in [2.75, 3.05) is 0 Å². The van der Waals surface area contributed by atoms with E-state index < -0.39 is 0 Å². The molecule has 0 radical (unpaired) electrons. The molecule has 106 valence electrons. The molecule has 1 rings (SSSR count). The summed E-state index contributed by atoms with van der Waals surface area (Å²) in [5, 5.41) is 9.37. The van der Waals surface area contributed by atoms with Gasteiger partial charge in [-0.05, 0) is 49.8 Å². The van der Waals surface area contributed by atoms with Crippen molar-refractivity contribution >= 4 is 0 Å². The van der Waals surface area contributed by atoms with Crippen LogP contribution in [0.15, 0.2) is 36.4 Å². The van der Waals surface area contributed by atoms with Crippen molar-refractivity contribution in [2.45, 2.75) is 64.7 Å². The highest BCUT2D eigenvalue weighted by molar-refractivity contribution is 5.27. The van der Waals surface area contributed by atoms with Crippen molar-refractivity contribution < 1.29 is 5.11 Å². The maximum Gasteiger partial charge on any atom is 0.115 e. The summed E-state index contributed by atoms with van der Waals surface area (Å²) in [6.07, 6.45) is 16.0. The predicted molar refractivity (Wildman–Crippen MR) is 83.6 cm³/mol. The molecule has 0 aliphatic carbocycles.